The quantitative estimate of drug-likeness (QED) is 0.818. The maximum absolute atomic E-state index is 11.8. The van der Waals surface area contributed by atoms with E-state index in [1.807, 2.05) is 45.0 Å². The lowest BCUT2D eigenvalue weighted by molar-refractivity contribution is -0.122. The zero-order valence-corrected chi connectivity index (χ0v) is 10.8. The van der Waals surface area contributed by atoms with Crippen LogP contribution >= 0.6 is 0 Å². The number of carbonyl (C=O) groups is 1. The molecule has 0 fully saturated rings. The van der Waals surface area contributed by atoms with Crippen LogP contribution in [0.1, 0.15) is 31.4 Å². The van der Waals surface area contributed by atoms with Gasteiger partial charge in [-0.1, -0.05) is 36.8 Å². The summed E-state index contributed by atoms with van der Waals surface area (Å²) >= 11 is 0. The SMILES string of the molecule is CCC(C)(CO)NC(=O)Cc1ccc(C)cc1. The molecule has 0 aromatic heterocycles. The molecule has 1 amide bonds. The van der Waals surface area contributed by atoms with Crippen LogP contribution in [-0.4, -0.2) is 23.2 Å². The summed E-state index contributed by atoms with van der Waals surface area (Å²) in [6.07, 6.45) is 1.07. The molecule has 0 radical (unpaired) electrons. The van der Waals surface area contributed by atoms with Crippen LogP contribution in [0.15, 0.2) is 24.3 Å². The van der Waals surface area contributed by atoms with Gasteiger partial charge >= 0.3 is 0 Å². The lowest BCUT2D eigenvalue weighted by Crippen LogP contribution is -2.48. The van der Waals surface area contributed by atoms with Gasteiger partial charge in [0.1, 0.15) is 0 Å². The van der Waals surface area contributed by atoms with Crippen molar-refractivity contribution in [1.29, 1.82) is 0 Å². The van der Waals surface area contributed by atoms with Crippen molar-refractivity contribution < 1.29 is 9.90 Å². The van der Waals surface area contributed by atoms with Crippen LogP contribution in [0.3, 0.4) is 0 Å². The first-order valence-electron chi connectivity index (χ1n) is 5.96. The molecule has 0 heterocycles. The monoisotopic (exact) mass is 235 g/mol. The number of hydrogen-bond acceptors (Lipinski definition) is 2. The van der Waals surface area contributed by atoms with Gasteiger partial charge in [-0.3, -0.25) is 4.79 Å². The Labute approximate surface area is 103 Å². The van der Waals surface area contributed by atoms with Crippen LogP contribution < -0.4 is 5.32 Å². The topological polar surface area (TPSA) is 49.3 Å². The lowest BCUT2D eigenvalue weighted by atomic mass is 9.99. The standard InChI is InChI=1S/C14H21NO2/c1-4-14(3,10-16)15-13(17)9-12-7-5-11(2)6-8-12/h5-8,16H,4,9-10H2,1-3H3,(H,15,17). The van der Waals surface area contributed by atoms with Gasteiger partial charge in [0.15, 0.2) is 0 Å². The number of benzene rings is 1. The maximum Gasteiger partial charge on any atom is 0.224 e. The number of carbonyl (C=O) groups excluding carboxylic acids is 1. The Balaban J connectivity index is 2.58. The molecule has 0 saturated heterocycles. The van der Waals surface area contributed by atoms with Crippen molar-refractivity contribution in [3.8, 4) is 0 Å². The number of aliphatic hydroxyl groups is 1. The molecule has 2 N–H and O–H groups in total. The molecule has 1 aromatic carbocycles. The van der Waals surface area contributed by atoms with Crippen LogP contribution in [0, 0.1) is 6.92 Å². The highest BCUT2D eigenvalue weighted by Crippen LogP contribution is 2.09. The van der Waals surface area contributed by atoms with Crippen LogP contribution in [0.2, 0.25) is 0 Å². The van der Waals surface area contributed by atoms with Crippen LogP contribution in [0.4, 0.5) is 0 Å². The molecule has 1 rings (SSSR count). The van der Waals surface area contributed by atoms with Gasteiger partial charge in [-0.25, -0.2) is 0 Å². The first kappa shape index (κ1) is 13.7. The van der Waals surface area contributed by atoms with E-state index < -0.39 is 5.54 Å². The van der Waals surface area contributed by atoms with Gasteiger partial charge in [0.05, 0.1) is 18.6 Å². The average Bonchev–Trinajstić information content (AvgIpc) is 2.32. The molecule has 1 atom stereocenters. The highest BCUT2D eigenvalue weighted by Gasteiger charge is 2.22. The minimum atomic E-state index is -0.512. The molecule has 0 bridgehead atoms. The molecule has 94 valence electrons. The number of amides is 1. The second kappa shape index (κ2) is 5.82. The Bertz CT molecular complexity index is 366. The zero-order valence-electron chi connectivity index (χ0n) is 10.8. The number of hydrogen-bond donors (Lipinski definition) is 2. The molecule has 17 heavy (non-hydrogen) atoms. The summed E-state index contributed by atoms with van der Waals surface area (Å²) in [5.74, 6) is -0.0488. The molecular weight excluding hydrogens is 214 g/mol. The lowest BCUT2D eigenvalue weighted by Gasteiger charge is -2.27. The Morgan fingerprint density at radius 3 is 2.41 bits per heavy atom. The number of aryl methyl sites for hydroxylation is 1. The molecule has 0 aliphatic rings. The van der Waals surface area contributed by atoms with Crippen LogP contribution in [0.25, 0.3) is 0 Å². The fourth-order valence-electron chi connectivity index (χ4n) is 1.51. The number of nitrogens with one attached hydrogen (secondary N) is 1. The van der Waals surface area contributed by atoms with Crippen molar-refractivity contribution >= 4 is 5.91 Å². The Kier molecular flexibility index (Phi) is 4.70. The average molecular weight is 235 g/mol. The highest BCUT2D eigenvalue weighted by atomic mass is 16.3. The Morgan fingerprint density at radius 1 is 1.35 bits per heavy atom. The third-order valence-corrected chi connectivity index (χ3v) is 3.06. The summed E-state index contributed by atoms with van der Waals surface area (Å²) in [6.45, 7) is 5.77. The van der Waals surface area contributed by atoms with E-state index in [-0.39, 0.29) is 12.5 Å². The summed E-state index contributed by atoms with van der Waals surface area (Å²) in [4.78, 5) is 11.8. The van der Waals surface area contributed by atoms with Crippen molar-refractivity contribution in [2.24, 2.45) is 0 Å². The molecule has 3 nitrogen and oxygen atoms in total. The van der Waals surface area contributed by atoms with Gasteiger partial charge in [-0.2, -0.15) is 0 Å². The van der Waals surface area contributed by atoms with E-state index in [9.17, 15) is 9.90 Å². The third-order valence-electron chi connectivity index (χ3n) is 3.06. The molecule has 1 aromatic rings. The number of aliphatic hydroxyl groups excluding tert-OH is 1. The van der Waals surface area contributed by atoms with Gasteiger partial charge in [-0.05, 0) is 25.8 Å². The van der Waals surface area contributed by atoms with Gasteiger partial charge in [0.25, 0.3) is 0 Å². The van der Waals surface area contributed by atoms with E-state index >= 15 is 0 Å². The van der Waals surface area contributed by atoms with Gasteiger partial charge in [-0.15, -0.1) is 0 Å². The smallest absolute Gasteiger partial charge is 0.224 e. The first-order chi connectivity index (χ1) is 7.99. The van der Waals surface area contributed by atoms with Gasteiger partial charge < -0.3 is 10.4 Å². The molecule has 3 heteroatoms. The summed E-state index contributed by atoms with van der Waals surface area (Å²) in [6, 6.07) is 7.90. The van der Waals surface area contributed by atoms with Crippen LogP contribution in [-0.2, 0) is 11.2 Å². The maximum atomic E-state index is 11.8. The summed E-state index contributed by atoms with van der Waals surface area (Å²) in [7, 11) is 0. The minimum absolute atomic E-state index is 0.0386. The molecular formula is C14H21NO2. The molecule has 0 spiro atoms. The van der Waals surface area contributed by atoms with Crippen molar-refractivity contribution in [2.45, 2.75) is 39.2 Å². The Hall–Kier alpha value is -1.35. The molecule has 0 aliphatic carbocycles. The predicted octanol–water partition coefficient (Wildman–Crippen LogP) is 1.81. The van der Waals surface area contributed by atoms with E-state index in [0.717, 1.165) is 5.56 Å². The second-order valence-corrected chi connectivity index (χ2v) is 4.78. The third kappa shape index (κ3) is 4.19. The van der Waals surface area contributed by atoms with E-state index in [4.69, 9.17) is 0 Å². The van der Waals surface area contributed by atoms with E-state index in [1.165, 1.54) is 5.56 Å². The van der Waals surface area contributed by atoms with E-state index in [2.05, 4.69) is 5.32 Å². The fraction of sp³-hybridized carbons (Fsp3) is 0.500. The fourth-order valence-corrected chi connectivity index (χ4v) is 1.51. The molecule has 1 unspecified atom stereocenters. The molecule has 0 saturated carbocycles. The summed E-state index contributed by atoms with van der Waals surface area (Å²) in [5.41, 5.74) is 1.66. The van der Waals surface area contributed by atoms with Gasteiger partial charge in [0, 0.05) is 0 Å². The number of rotatable bonds is 5. The summed E-state index contributed by atoms with van der Waals surface area (Å²) in [5, 5.41) is 12.1. The first-order valence-corrected chi connectivity index (χ1v) is 5.96. The van der Waals surface area contributed by atoms with Crippen molar-refractivity contribution in [1.82, 2.24) is 5.32 Å². The second-order valence-electron chi connectivity index (χ2n) is 4.78. The van der Waals surface area contributed by atoms with Crippen molar-refractivity contribution in [3.63, 3.8) is 0 Å². The molecule has 0 aliphatic heterocycles. The predicted molar refractivity (Wildman–Crippen MR) is 68.8 cm³/mol. The van der Waals surface area contributed by atoms with Gasteiger partial charge in [0.2, 0.25) is 5.91 Å². The Morgan fingerprint density at radius 2 is 1.94 bits per heavy atom. The largest absolute Gasteiger partial charge is 0.394 e. The van der Waals surface area contributed by atoms with Crippen molar-refractivity contribution in [2.75, 3.05) is 6.61 Å². The zero-order chi connectivity index (χ0) is 12.9. The van der Waals surface area contributed by atoms with E-state index in [0.29, 0.717) is 12.8 Å². The van der Waals surface area contributed by atoms with Crippen molar-refractivity contribution in [3.05, 3.63) is 35.4 Å². The van der Waals surface area contributed by atoms with E-state index in [1.54, 1.807) is 0 Å². The minimum Gasteiger partial charge on any atom is -0.394 e. The van der Waals surface area contributed by atoms with Crippen LogP contribution in [0.5, 0.6) is 0 Å². The summed E-state index contributed by atoms with van der Waals surface area (Å²) < 4.78 is 0. The normalized spacial score (nSPS) is 14.1. The highest BCUT2D eigenvalue weighted by molar-refractivity contribution is 5.79.